The highest BCUT2D eigenvalue weighted by Gasteiger charge is 2.39. The minimum atomic E-state index is -1.20. The molecule has 0 amide bonds. The molecule has 1 aliphatic rings. The Morgan fingerprint density at radius 1 is 1.00 bits per heavy atom. The second kappa shape index (κ2) is 8.14. The number of aromatic nitrogens is 1. The monoisotopic (exact) mass is 433 g/mol. The summed E-state index contributed by atoms with van der Waals surface area (Å²) in [4.78, 5) is 53.6. The van der Waals surface area contributed by atoms with Crippen molar-refractivity contribution >= 4 is 34.2 Å². The first-order valence-corrected chi connectivity index (χ1v) is 9.75. The summed E-state index contributed by atoms with van der Waals surface area (Å²) >= 11 is 0. The van der Waals surface area contributed by atoms with E-state index in [1.165, 1.54) is 32.4 Å². The second-order valence-electron chi connectivity index (χ2n) is 7.31. The average molecular weight is 433 g/mol. The number of allylic oxidation sites excluding steroid dienone is 1. The number of aromatic amines is 1. The van der Waals surface area contributed by atoms with Crippen molar-refractivity contribution in [1.29, 1.82) is 0 Å². The number of pyridine rings is 1. The third-order valence-electron chi connectivity index (χ3n) is 5.54. The molecule has 0 saturated heterocycles. The summed E-state index contributed by atoms with van der Waals surface area (Å²) in [6, 6.07) is 12.7. The Balaban J connectivity index is 1.98. The first kappa shape index (κ1) is 21.0. The Kier molecular flexibility index (Phi) is 5.36. The number of ether oxygens (including phenoxy) is 2. The molecule has 1 heterocycles. The molecular formula is C24H19NO7. The van der Waals surface area contributed by atoms with E-state index >= 15 is 0 Å². The maximum Gasteiger partial charge on any atom is 0.306 e. The van der Waals surface area contributed by atoms with Crippen LogP contribution in [-0.4, -0.2) is 41.8 Å². The quantitative estimate of drug-likeness (QED) is 0.468. The van der Waals surface area contributed by atoms with E-state index in [9.17, 15) is 24.3 Å². The fourth-order valence-corrected chi connectivity index (χ4v) is 3.91. The predicted octanol–water partition coefficient (Wildman–Crippen LogP) is 2.92. The lowest BCUT2D eigenvalue weighted by molar-refractivity contribution is -0.140. The molecule has 0 bridgehead atoms. The van der Waals surface area contributed by atoms with Crippen molar-refractivity contribution in [2.24, 2.45) is 0 Å². The number of aliphatic hydroxyl groups is 1. The van der Waals surface area contributed by atoms with Gasteiger partial charge in [0.2, 0.25) is 11.6 Å². The van der Waals surface area contributed by atoms with Gasteiger partial charge in [0.05, 0.1) is 26.2 Å². The van der Waals surface area contributed by atoms with Crippen molar-refractivity contribution in [3.63, 3.8) is 0 Å². The number of fused-ring (bicyclic) bond motifs is 2. The summed E-state index contributed by atoms with van der Waals surface area (Å²) in [5.74, 6) is -3.60. The molecule has 0 saturated carbocycles. The van der Waals surface area contributed by atoms with Crippen molar-refractivity contribution in [2.75, 3.05) is 14.2 Å². The van der Waals surface area contributed by atoms with Crippen LogP contribution >= 0.6 is 0 Å². The molecule has 8 nitrogen and oxygen atoms in total. The number of hydrogen-bond donors (Lipinski definition) is 2. The molecular weight excluding hydrogens is 414 g/mol. The summed E-state index contributed by atoms with van der Waals surface area (Å²) in [5, 5.41) is 11.5. The highest BCUT2D eigenvalue weighted by atomic mass is 16.5. The van der Waals surface area contributed by atoms with E-state index in [1.807, 2.05) is 0 Å². The lowest BCUT2D eigenvalue weighted by atomic mass is 9.78. The summed E-state index contributed by atoms with van der Waals surface area (Å²) in [6.07, 6.45) is -0.421. The van der Waals surface area contributed by atoms with Gasteiger partial charge in [-0.2, -0.15) is 0 Å². The van der Waals surface area contributed by atoms with Crippen LogP contribution in [0.4, 0.5) is 0 Å². The molecule has 1 atom stereocenters. The Morgan fingerprint density at radius 3 is 2.41 bits per heavy atom. The van der Waals surface area contributed by atoms with Gasteiger partial charge in [0.15, 0.2) is 0 Å². The molecule has 0 unspecified atom stereocenters. The van der Waals surface area contributed by atoms with E-state index in [0.29, 0.717) is 16.7 Å². The van der Waals surface area contributed by atoms with Gasteiger partial charge >= 0.3 is 5.97 Å². The lowest BCUT2D eigenvalue weighted by Gasteiger charge is -2.24. The lowest BCUT2D eigenvalue weighted by Crippen LogP contribution is -2.30. The Labute approximate surface area is 182 Å². The summed E-state index contributed by atoms with van der Waals surface area (Å²) in [5.41, 5.74) is -0.0828. The van der Waals surface area contributed by atoms with Gasteiger partial charge in [-0.3, -0.25) is 19.2 Å². The first-order valence-electron chi connectivity index (χ1n) is 9.75. The van der Waals surface area contributed by atoms with Crippen LogP contribution in [0.1, 0.15) is 33.8 Å². The van der Waals surface area contributed by atoms with E-state index in [1.54, 1.807) is 30.3 Å². The largest absolute Gasteiger partial charge is 0.507 e. The van der Waals surface area contributed by atoms with Crippen LogP contribution in [0, 0.1) is 0 Å². The average Bonchev–Trinajstić information content (AvgIpc) is 2.81. The molecule has 162 valence electrons. The number of methoxy groups -OCH3 is 2. The zero-order valence-corrected chi connectivity index (χ0v) is 17.3. The fourth-order valence-electron chi connectivity index (χ4n) is 3.91. The number of carbonyl (C=O) groups excluding carboxylic acids is 3. The molecule has 0 aliphatic heterocycles. The number of benzene rings is 2. The highest BCUT2D eigenvalue weighted by Crippen LogP contribution is 2.38. The number of Topliss-reactive ketones (excluding diaryl/α,β-unsaturated/α-hetero) is 2. The van der Waals surface area contributed by atoms with Crippen LogP contribution in [0.3, 0.4) is 0 Å². The molecule has 0 radical (unpaired) electrons. The van der Waals surface area contributed by atoms with E-state index in [0.717, 1.165) is 0 Å². The smallest absolute Gasteiger partial charge is 0.306 e. The van der Waals surface area contributed by atoms with Crippen LogP contribution in [-0.2, 0) is 14.3 Å². The minimum absolute atomic E-state index is 0.0400. The predicted molar refractivity (Wildman–Crippen MR) is 116 cm³/mol. The van der Waals surface area contributed by atoms with Gasteiger partial charge in [0, 0.05) is 33.5 Å². The van der Waals surface area contributed by atoms with Crippen molar-refractivity contribution in [1.82, 2.24) is 4.98 Å². The maximum atomic E-state index is 13.0. The summed E-state index contributed by atoms with van der Waals surface area (Å²) in [6.45, 7) is 0. The Hall–Kier alpha value is -4.20. The van der Waals surface area contributed by atoms with Gasteiger partial charge in [-0.25, -0.2) is 0 Å². The minimum Gasteiger partial charge on any atom is -0.507 e. The molecule has 0 fully saturated rings. The van der Waals surface area contributed by atoms with Crippen molar-refractivity contribution in [2.45, 2.75) is 12.3 Å². The molecule has 32 heavy (non-hydrogen) atoms. The van der Waals surface area contributed by atoms with E-state index in [4.69, 9.17) is 9.47 Å². The topological polar surface area (TPSA) is 123 Å². The number of H-pyrrole nitrogens is 1. The van der Waals surface area contributed by atoms with E-state index in [-0.39, 0.29) is 22.3 Å². The van der Waals surface area contributed by atoms with Crippen LogP contribution in [0.2, 0.25) is 0 Å². The normalized spacial score (nSPS) is 14.3. The molecule has 3 aromatic rings. The molecule has 1 aliphatic carbocycles. The Morgan fingerprint density at radius 2 is 1.72 bits per heavy atom. The van der Waals surface area contributed by atoms with Crippen molar-refractivity contribution < 1.29 is 29.0 Å². The maximum absolute atomic E-state index is 13.0. The van der Waals surface area contributed by atoms with Gasteiger partial charge in [-0.1, -0.05) is 24.3 Å². The summed E-state index contributed by atoms with van der Waals surface area (Å²) < 4.78 is 9.98. The molecule has 0 spiro atoms. The zero-order chi connectivity index (χ0) is 23.0. The van der Waals surface area contributed by atoms with Crippen LogP contribution in [0.5, 0.6) is 5.75 Å². The standard InChI is InChI=1S/C24H19NO7/c1-31-13-7-8-18-12(9-13)10-17(24(30)25-18)16(11-19(26)32-2)20-21(27)14-5-3-4-6-15(14)22(28)23(20)29/h3-10,16,27H,11H2,1-2H3,(H,25,30)/t16-/m1/s1. The number of aliphatic hydroxyl groups excluding tert-OH is 1. The van der Waals surface area contributed by atoms with Gasteiger partial charge in [0.25, 0.3) is 5.56 Å². The number of nitrogens with one attached hydrogen (secondary N) is 1. The molecule has 8 heteroatoms. The molecule has 1 aromatic heterocycles. The van der Waals surface area contributed by atoms with E-state index in [2.05, 4.69) is 4.98 Å². The number of rotatable bonds is 5. The zero-order valence-electron chi connectivity index (χ0n) is 17.3. The molecule has 4 rings (SSSR count). The van der Waals surface area contributed by atoms with Gasteiger partial charge in [-0.05, 0) is 24.3 Å². The van der Waals surface area contributed by atoms with E-state index < -0.39 is 41.2 Å². The number of ketones is 2. The van der Waals surface area contributed by atoms with Gasteiger partial charge < -0.3 is 19.6 Å². The first-order chi connectivity index (χ1) is 15.3. The fraction of sp³-hybridized carbons (Fsp3) is 0.167. The molecule has 2 N–H and O–H groups in total. The van der Waals surface area contributed by atoms with Crippen LogP contribution in [0.25, 0.3) is 16.7 Å². The van der Waals surface area contributed by atoms with Gasteiger partial charge in [0.1, 0.15) is 11.5 Å². The summed E-state index contributed by atoms with van der Waals surface area (Å²) in [7, 11) is 2.67. The number of esters is 1. The van der Waals surface area contributed by atoms with Crippen molar-refractivity contribution in [3.05, 3.63) is 81.1 Å². The van der Waals surface area contributed by atoms with Crippen molar-refractivity contribution in [3.8, 4) is 5.75 Å². The third-order valence-corrected chi connectivity index (χ3v) is 5.54. The number of carbonyl (C=O) groups is 3. The molecule has 2 aromatic carbocycles. The second-order valence-corrected chi connectivity index (χ2v) is 7.31. The highest BCUT2D eigenvalue weighted by molar-refractivity contribution is 6.52. The Bertz CT molecular complexity index is 1370. The van der Waals surface area contributed by atoms with Crippen LogP contribution in [0.15, 0.2) is 58.9 Å². The third kappa shape index (κ3) is 3.45. The number of hydrogen-bond acceptors (Lipinski definition) is 7. The SMILES string of the molecule is COC(=O)C[C@@H](C1=C(O)c2ccccc2C(=O)C1=O)c1cc2cc(OC)ccc2[nH]c1=O. The van der Waals surface area contributed by atoms with Gasteiger partial charge in [-0.15, -0.1) is 0 Å². The van der Waals surface area contributed by atoms with Crippen LogP contribution < -0.4 is 10.3 Å².